The molecule has 0 aliphatic heterocycles. The third kappa shape index (κ3) is 4.58. The van der Waals surface area contributed by atoms with E-state index >= 15 is 0 Å². The van der Waals surface area contributed by atoms with Crippen LogP contribution < -0.4 is 5.32 Å². The molecule has 1 aromatic heterocycles. The lowest BCUT2D eigenvalue weighted by molar-refractivity contribution is 0.276. The highest BCUT2D eigenvalue weighted by Gasteiger charge is 2.19. The Kier molecular flexibility index (Phi) is 5.79. The van der Waals surface area contributed by atoms with Gasteiger partial charge in [0.25, 0.3) is 0 Å². The van der Waals surface area contributed by atoms with Crippen LogP contribution in [0.5, 0.6) is 0 Å². The summed E-state index contributed by atoms with van der Waals surface area (Å²) >= 11 is 0. The second-order valence-corrected chi connectivity index (χ2v) is 5.65. The fourth-order valence-corrected chi connectivity index (χ4v) is 2.79. The number of aliphatic hydroxyl groups is 1. The van der Waals surface area contributed by atoms with Crippen molar-refractivity contribution < 1.29 is 5.11 Å². The quantitative estimate of drug-likeness (QED) is 0.770. The van der Waals surface area contributed by atoms with E-state index in [1.54, 1.807) is 0 Å². The summed E-state index contributed by atoms with van der Waals surface area (Å²) in [7, 11) is 0. The Morgan fingerprint density at radius 1 is 1.37 bits per heavy atom. The minimum absolute atomic E-state index is 0.201. The van der Waals surface area contributed by atoms with Crippen molar-refractivity contribution in [3.8, 4) is 0 Å². The van der Waals surface area contributed by atoms with Crippen molar-refractivity contribution in [2.75, 3.05) is 6.61 Å². The van der Waals surface area contributed by atoms with E-state index in [9.17, 15) is 0 Å². The first kappa shape index (κ1) is 14.5. The van der Waals surface area contributed by atoms with Crippen molar-refractivity contribution in [2.45, 2.75) is 64.6 Å². The Morgan fingerprint density at radius 2 is 2.21 bits per heavy atom. The van der Waals surface area contributed by atoms with Crippen molar-refractivity contribution in [1.82, 2.24) is 20.3 Å². The number of aromatic nitrogens is 3. The van der Waals surface area contributed by atoms with Gasteiger partial charge in [0.2, 0.25) is 0 Å². The van der Waals surface area contributed by atoms with Gasteiger partial charge in [-0.1, -0.05) is 31.4 Å². The van der Waals surface area contributed by atoms with E-state index in [1.165, 1.54) is 32.1 Å². The van der Waals surface area contributed by atoms with Gasteiger partial charge in [-0.25, -0.2) is 0 Å². The molecule has 1 saturated carbocycles. The first-order valence-electron chi connectivity index (χ1n) is 7.53. The molecule has 108 valence electrons. The molecular formula is C14H26N4O. The molecule has 5 heteroatoms. The first-order chi connectivity index (χ1) is 9.29. The fourth-order valence-electron chi connectivity index (χ4n) is 2.79. The second kappa shape index (κ2) is 7.60. The predicted octanol–water partition coefficient (Wildman–Crippen LogP) is 1.72. The van der Waals surface area contributed by atoms with E-state index in [0.29, 0.717) is 6.04 Å². The Hall–Kier alpha value is -0.940. The highest BCUT2D eigenvalue weighted by Crippen LogP contribution is 2.23. The van der Waals surface area contributed by atoms with Crippen LogP contribution in [-0.4, -0.2) is 32.7 Å². The van der Waals surface area contributed by atoms with Crippen LogP contribution in [0.25, 0.3) is 0 Å². The van der Waals surface area contributed by atoms with Crippen molar-refractivity contribution >= 4 is 0 Å². The summed E-state index contributed by atoms with van der Waals surface area (Å²) in [5, 5.41) is 20.7. The Morgan fingerprint density at radius 3 is 3.05 bits per heavy atom. The van der Waals surface area contributed by atoms with Crippen LogP contribution in [0.1, 0.15) is 51.1 Å². The normalized spacial score (nSPS) is 24.3. The SMILES string of the molecule is CC1CCCCCC1NCc1cn(CCCO)nn1. The first-order valence-corrected chi connectivity index (χ1v) is 7.53. The Bertz CT molecular complexity index is 366. The third-order valence-corrected chi connectivity index (χ3v) is 4.04. The fraction of sp³-hybridized carbons (Fsp3) is 0.857. The minimum Gasteiger partial charge on any atom is -0.396 e. The molecule has 2 N–H and O–H groups in total. The maximum absolute atomic E-state index is 8.79. The maximum atomic E-state index is 8.79. The van der Waals surface area contributed by atoms with Crippen molar-refractivity contribution in [1.29, 1.82) is 0 Å². The molecule has 0 aromatic carbocycles. The molecule has 19 heavy (non-hydrogen) atoms. The molecule has 1 heterocycles. The number of nitrogens with zero attached hydrogens (tertiary/aromatic N) is 3. The van der Waals surface area contributed by atoms with E-state index in [4.69, 9.17) is 5.11 Å². The average molecular weight is 266 g/mol. The van der Waals surface area contributed by atoms with E-state index in [0.717, 1.165) is 31.1 Å². The highest BCUT2D eigenvalue weighted by molar-refractivity contribution is 4.93. The van der Waals surface area contributed by atoms with Gasteiger partial charge in [-0.2, -0.15) is 0 Å². The van der Waals surface area contributed by atoms with Crippen LogP contribution in [-0.2, 0) is 13.1 Å². The topological polar surface area (TPSA) is 63.0 Å². The number of hydrogen-bond donors (Lipinski definition) is 2. The molecule has 2 rings (SSSR count). The van der Waals surface area contributed by atoms with Crippen LogP contribution in [0, 0.1) is 5.92 Å². The lowest BCUT2D eigenvalue weighted by Crippen LogP contribution is -2.33. The summed E-state index contributed by atoms with van der Waals surface area (Å²) in [6.07, 6.45) is 9.41. The second-order valence-electron chi connectivity index (χ2n) is 5.65. The predicted molar refractivity (Wildman–Crippen MR) is 74.6 cm³/mol. The van der Waals surface area contributed by atoms with Crippen molar-refractivity contribution in [3.63, 3.8) is 0 Å². The van der Waals surface area contributed by atoms with Crippen LogP contribution in [0.3, 0.4) is 0 Å². The van der Waals surface area contributed by atoms with Gasteiger partial charge in [0, 0.05) is 31.9 Å². The van der Waals surface area contributed by atoms with Crippen molar-refractivity contribution in [2.24, 2.45) is 5.92 Å². The van der Waals surface area contributed by atoms with E-state index in [2.05, 4.69) is 22.6 Å². The van der Waals surface area contributed by atoms with E-state index < -0.39 is 0 Å². The number of aliphatic hydroxyl groups excluding tert-OH is 1. The molecule has 1 aliphatic rings. The monoisotopic (exact) mass is 266 g/mol. The molecule has 2 unspecified atom stereocenters. The molecule has 0 radical (unpaired) electrons. The van der Waals surface area contributed by atoms with Gasteiger partial charge in [-0.3, -0.25) is 4.68 Å². The van der Waals surface area contributed by atoms with Gasteiger partial charge >= 0.3 is 0 Å². The zero-order valence-electron chi connectivity index (χ0n) is 11.9. The minimum atomic E-state index is 0.201. The largest absolute Gasteiger partial charge is 0.396 e. The van der Waals surface area contributed by atoms with Gasteiger partial charge in [0.05, 0.1) is 5.69 Å². The van der Waals surface area contributed by atoms with Gasteiger partial charge in [0.1, 0.15) is 0 Å². The van der Waals surface area contributed by atoms with Gasteiger partial charge < -0.3 is 10.4 Å². The zero-order valence-corrected chi connectivity index (χ0v) is 11.9. The Balaban J connectivity index is 1.78. The van der Waals surface area contributed by atoms with Gasteiger partial charge in [-0.15, -0.1) is 5.10 Å². The van der Waals surface area contributed by atoms with Crippen molar-refractivity contribution in [3.05, 3.63) is 11.9 Å². The molecule has 0 bridgehead atoms. The standard InChI is InChI=1S/C14H26N4O/c1-12-6-3-2-4-7-14(12)15-10-13-11-18(17-16-13)8-5-9-19/h11-12,14-15,19H,2-10H2,1H3. The van der Waals surface area contributed by atoms with Crippen LogP contribution in [0.15, 0.2) is 6.20 Å². The molecule has 1 aromatic rings. The highest BCUT2D eigenvalue weighted by atomic mass is 16.3. The van der Waals surface area contributed by atoms with Gasteiger partial charge in [0.15, 0.2) is 0 Å². The molecule has 0 amide bonds. The van der Waals surface area contributed by atoms with E-state index in [1.807, 2.05) is 10.9 Å². The maximum Gasteiger partial charge on any atom is 0.0964 e. The average Bonchev–Trinajstić information content (AvgIpc) is 2.77. The molecular weight excluding hydrogens is 240 g/mol. The number of hydrogen-bond acceptors (Lipinski definition) is 4. The zero-order chi connectivity index (χ0) is 13.5. The lowest BCUT2D eigenvalue weighted by atomic mass is 9.97. The van der Waals surface area contributed by atoms with E-state index in [-0.39, 0.29) is 6.61 Å². The Labute approximate surface area is 115 Å². The van der Waals surface area contributed by atoms with Gasteiger partial charge in [-0.05, 0) is 25.2 Å². The summed E-state index contributed by atoms with van der Waals surface area (Å²) in [5.41, 5.74) is 0.995. The number of rotatable bonds is 6. The number of aryl methyl sites for hydroxylation is 1. The molecule has 5 nitrogen and oxygen atoms in total. The number of nitrogens with one attached hydrogen (secondary N) is 1. The molecule has 0 saturated heterocycles. The summed E-state index contributed by atoms with van der Waals surface area (Å²) in [5.74, 6) is 0.756. The van der Waals surface area contributed by atoms with Crippen LogP contribution in [0.2, 0.25) is 0 Å². The van der Waals surface area contributed by atoms with Crippen LogP contribution >= 0.6 is 0 Å². The smallest absolute Gasteiger partial charge is 0.0964 e. The molecule has 0 spiro atoms. The summed E-state index contributed by atoms with van der Waals surface area (Å²) in [6, 6.07) is 0.616. The van der Waals surface area contributed by atoms with Crippen LogP contribution in [0.4, 0.5) is 0 Å². The summed E-state index contributed by atoms with van der Waals surface area (Å²) in [6.45, 7) is 4.09. The third-order valence-electron chi connectivity index (χ3n) is 4.04. The summed E-state index contributed by atoms with van der Waals surface area (Å²) in [4.78, 5) is 0. The molecule has 1 aliphatic carbocycles. The lowest BCUT2D eigenvalue weighted by Gasteiger charge is -2.22. The summed E-state index contributed by atoms with van der Waals surface area (Å²) < 4.78 is 1.81. The molecule has 2 atom stereocenters. The molecule has 1 fully saturated rings.